The highest BCUT2D eigenvalue weighted by Crippen LogP contribution is 2.39. The third kappa shape index (κ3) is 3.50. The second-order valence-electron chi connectivity index (χ2n) is 8.86. The van der Waals surface area contributed by atoms with E-state index in [0.717, 1.165) is 17.5 Å². The summed E-state index contributed by atoms with van der Waals surface area (Å²) in [5, 5.41) is 24.2. The number of rotatable bonds is 3. The van der Waals surface area contributed by atoms with Gasteiger partial charge in [0.2, 0.25) is 5.91 Å². The highest BCUT2D eigenvalue weighted by Gasteiger charge is 2.50. The standard InChI is InChI=1S/C22H32N2O4/c1-13(2)15-10-16(14(3)4)19(26)17(11-15)20(27)24-9-6-18(25)22(12-24)7-5-8-23-21(22)28/h10-11,13-14,18,25-26H,5-9,12H2,1-4H3,(H,23,28)/t18-,22-/m1/s1. The first-order valence-electron chi connectivity index (χ1n) is 10.3. The molecule has 1 aromatic carbocycles. The zero-order valence-corrected chi connectivity index (χ0v) is 17.3. The molecule has 2 heterocycles. The average molecular weight is 389 g/mol. The molecule has 0 saturated carbocycles. The van der Waals surface area contributed by atoms with Crippen molar-refractivity contribution < 1.29 is 19.8 Å². The first kappa shape index (κ1) is 20.6. The Balaban J connectivity index is 1.96. The number of carbonyl (C=O) groups excluding carboxylic acids is 2. The average Bonchev–Trinajstić information content (AvgIpc) is 2.65. The van der Waals surface area contributed by atoms with E-state index in [1.807, 2.05) is 19.9 Å². The van der Waals surface area contributed by atoms with Crippen molar-refractivity contribution in [3.63, 3.8) is 0 Å². The second-order valence-corrected chi connectivity index (χ2v) is 8.86. The van der Waals surface area contributed by atoms with Crippen molar-refractivity contribution in [2.75, 3.05) is 19.6 Å². The van der Waals surface area contributed by atoms with Gasteiger partial charge in [0, 0.05) is 19.6 Å². The van der Waals surface area contributed by atoms with Crippen LogP contribution in [0.5, 0.6) is 5.75 Å². The van der Waals surface area contributed by atoms with E-state index in [4.69, 9.17) is 0 Å². The van der Waals surface area contributed by atoms with Gasteiger partial charge in [-0.15, -0.1) is 0 Å². The number of aliphatic hydroxyl groups is 1. The number of nitrogens with one attached hydrogen (secondary N) is 1. The number of likely N-dealkylation sites (tertiary alicyclic amines) is 1. The van der Waals surface area contributed by atoms with Crippen LogP contribution < -0.4 is 5.32 Å². The lowest BCUT2D eigenvalue weighted by Gasteiger charge is -2.46. The molecule has 0 radical (unpaired) electrons. The Morgan fingerprint density at radius 1 is 1.25 bits per heavy atom. The van der Waals surface area contributed by atoms with Crippen molar-refractivity contribution in [1.29, 1.82) is 0 Å². The molecule has 0 aliphatic carbocycles. The molecule has 154 valence electrons. The minimum absolute atomic E-state index is 0.0256. The van der Waals surface area contributed by atoms with Crippen LogP contribution in [0, 0.1) is 5.41 Å². The normalized spacial score (nSPS) is 25.5. The number of aromatic hydroxyl groups is 1. The van der Waals surface area contributed by atoms with Crippen LogP contribution in [0.3, 0.4) is 0 Å². The van der Waals surface area contributed by atoms with Gasteiger partial charge >= 0.3 is 0 Å². The number of phenols is 1. The van der Waals surface area contributed by atoms with Crippen LogP contribution in [-0.2, 0) is 4.79 Å². The molecule has 2 atom stereocenters. The summed E-state index contributed by atoms with van der Waals surface area (Å²) in [6, 6.07) is 3.74. The molecule has 28 heavy (non-hydrogen) atoms. The summed E-state index contributed by atoms with van der Waals surface area (Å²) in [7, 11) is 0. The summed E-state index contributed by atoms with van der Waals surface area (Å²) < 4.78 is 0. The van der Waals surface area contributed by atoms with Crippen LogP contribution in [0.15, 0.2) is 12.1 Å². The van der Waals surface area contributed by atoms with Gasteiger partial charge in [-0.2, -0.15) is 0 Å². The van der Waals surface area contributed by atoms with Gasteiger partial charge in [0.15, 0.2) is 0 Å². The van der Waals surface area contributed by atoms with Crippen molar-refractivity contribution in [1.82, 2.24) is 10.2 Å². The van der Waals surface area contributed by atoms with Crippen molar-refractivity contribution in [2.45, 2.75) is 64.9 Å². The van der Waals surface area contributed by atoms with E-state index < -0.39 is 11.5 Å². The molecule has 2 aliphatic heterocycles. The van der Waals surface area contributed by atoms with E-state index >= 15 is 0 Å². The van der Waals surface area contributed by atoms with Gasteiger partial charge in [0.05, 0.1) is 17.1 Å². The molecule has 6 heteroatoms. The number of hydrogen-bond acceptors (Lipinski definition) is 4. The number of amides is 2. The minimum Gasteiger partial charge on any atom is -0.507 e. The molecule has 3 rings (SSSR count). The number of carbonyl (C=O) groups is 2. The quantitative estimate of drug-likeness (QED) is 0.743. The van der Waals surface area contributed by atoms with Crippen LogP contribution in [0.4, 0.5) is 0 Å². The molecular formula is C22H32N2O4. The molecule has 0 bridgehead atoms. The molecule has 1 spiro atoms. The first-order chi connectivity index (χ1) is 13.2. The summed E-state index contributed by atoms with van der Waals surface area (Å²) in [5.41, 5.74) is 1.11. The zero-order valence-electron chi connectivity index (χ0n) is 17.3. The summed E-state index contributed by atoms with van der Waals surface area (Å²) in [5.74, 6) is -0.108. The molecule has 2 aliphatic rings. The van der Waals surface area contributed by atoms with E-state index in [2.05, 4.69) is 19.2 Å². The van der Waals surface area contributed by atoms with Crippen LogP contribution in [0.25, 0.3) is 0 Å². The molecule has 2 fully saturated rings. The van der Waals surface area contributed by atoms with Crippen LogP contribution in [0.2, 0.25) is 0 Å². The van der Waals surface area contributed by atoms with Gasteiger partial charge < -0.3 is 20.4 Å². The summed E-state index contributed by atoms with van der Waals surface area (Å²) in [6.07, 6.45) is 0.967. The lowest BCUT2D eigenvalue weighted by Crippen LogP contribution is -2.62. The Bertz CT molecular complexity index is 774. The maximum absolute atomic E-state index is 13.4. The van der Waals surface area contributed by atoms with E-state index in [1.54, 1.807) is 11.0 Å². The Labute approximate surface area is 166 Å². The third-order valence-corrected chi connectivity index (χ3v) is 6.29. The van der Waals surface area contributed by atoms with Crippen molar-refractivity contribution >= 4 is 11.8 Å². The first-order valence-corrected chi connectivity index (χ1v) is 10.3. The fourth-order valence-electron chi connectivity index (χ4n) is 4.40. The van der Waals surface area contributed by atoms with E-state index in [0.29, 0.717) is 25.9 Å². The fourth-order valence-corrected chi connectivity index (χ4v) is 4.40. The van der Waals surface area contributed by atoms with Gasteiger partial charge in [-0.1, -0.05) is 33.8 Å². The molecule has 6 nitrogen and oxygen atoms in total. The number of phenolic OH excluding ortho intramolecular Hbond substituents is 1. The summed E-state index contributed by atoms with van der Waals surface area (Å²) >= 11 is 0. The maximum atomic E-state index is 13.4. The number of aliphatic hydroxyl groups excluding tert-OH is 1. The SMILES string of the molecule is CC(C)c1cc(C(=O)N2CC[C@@H](O)[C@@]3(CCCNC3=O)C2)c(O)c(C(C)C)c1. The lowest BCUT2D eigenvalue weighted by atomic mass is 9.71. The fraction of sp³-hybridized carbons (Fsp3) is 0.636. The molecule has 1 aromatic rings. The lowest BCUT2D eigenvalue weighted by molar-refractivity contribution is -0.147. The minimum atomic E-state index is -0.946. The molecule has 3 N–H and O–H groups in total. The molecular weight excluding hydrogens is 356 g/mol. The second kappa shape index (κ2) is 7.74. The van der Waals surface area contributed by atoms with Gasteiger partial charge in [0.25, 0.3) is 5.91 Å². The van der Waals surface area contributed by atoms with Crippen LogP contribution in [-0.4, -0.2) is 52.7 Å². The van der Waals surface area contributed by atoms with Gasteiger partial charge in [-0.25, -0.2) is 0 Å². The summed E-state index contributed by atoms with van der Waals surface area (Å²) in [6.45, 7) is 9.26. The van der Waals surface area contributed by atoms with Crippen LogP contribution in [0.1, 0.15) is 80.3 Å². The van der Waals surface area contributed by atoms with Crippen LogP contribution >= 0.6 is 0 Å². The molecule has 0 aromatic heterocycles. The number of piperidine rings is 2. The van der Waals surface area contributed by atoms with Gasteiger partial charge in [-0.3, -0.25) is 9.59 Å². The van der Waals surface area contributed by atoms with Crippen molar-refractivity contribution in [3.05, 3.63) is 28.8 Å². The third-order valence-electron chi connectivity index (χ3n) is 6.29. The van der Waals surface area contributed by atoms with Gasteiger partial charge in [-0.05, 0) is 48.3 Å². The Hall–Kier alpha value is -2.08. The Morgan fingerprint density at radius 2 is 1.96 bits per heavy atom. The number of nitrogens with zero attached hydrogens (tertiary/aromatic N) is 1. The predicted octanol–water partition coefficient (Wildman–Crippen LogP) is 2.74. The maximum Gasteiger partial charge on any atom is 0.257 e. The zero-order chi connectivity index (χ0) is 20.6. The Morgan fingerprint density at radius 3 is 2.57 bits per heavy atom. The van der Waals surface area contributed by atoms with E-state index in [9.17, 15) is 19.8 Å². The van der Waals surface area contributed by atoms with Crippen molar-refractivity contribution in [2.24, 2.45) is 5.41 Å². The monoisotopic (exact) mass is 388 g/mol. The predicted molar refractivity (Wildman–Crippen MR) is 107 cm³/mol. The number of hydrogen-bond donors (Lipinski definition) is 3. The smallest absolute Gasteiger partial charge is 0.257 e. The highest BCUT2D eigenvalue weighted by molar-refractivity contribution is 5.98. The molecule has 2 saturated heterocycles. The number of benzene rings is 1. The largest absolute Gasteiger partial charge is 0.507 e. The van der Waals surface area contributed by atoms with E-state index in [-0.39, 0.29) is 41.5 Å². The highest BCUT2D eigenvalue weighted by atomic mass is 16.3. The Kier molecular flexibility index (Phi) is 5.71. The topological polar surface area (TPSA) is 89.9 Å². The molecule has 0 unspecified atom stereocenters. The van der Waals surface area contributed by atoms with Gasteiger partial charge in [0.1, 0.15) is 5.75 Å². The van der Waals surface area contributed by atoms with Crippen molar-refractivity contribution in [3.8, 4) is 5.75 Å². The molecule has 2 amide bonds. The van der Waals surface area contributed by atoms with E-state index in [1.165, 1.54) is 0 Å². The summed E-state index contributed by atoms with van der Waals surface area (Å²) in [4.78, 5) is 27.6.